The van der Waals surface area contributed by atoms with Crippen molar-refractivity contribution in [1.29, 1.82) is 0 Å². The molecule has 0 saturated heterocycles. The first-order chi connectivity index (χ1) is 6.85. The van der Waals surface area contributed by atoms with Gasteiger partial charge in [0.2, 0.25) is 0 Å². The Morgan fingerprint density at radius 1 is 1.07 bits per heavy atom. The molecule has 0 aliphatic carbocycles. The minimum atomic E-state index is 0.540. The van der Waals surface area contributed by atoms with Crippen LogP contribution in [-0.4, -0.2) is 0 Å². The third-order valence-corrected chi connectivity index (χ3v) is 2.59. The quantitative estimate of drug-likeness (QED) is 0.338. The molecule has 0 spiro atoms. The van der Waals surface area contributed by atoms with Gasteiger partial charge >= 0.3 is 0 Å². The maximum atomic E-state index is 3.88. The van der Waals surface area contributed by atoms with Gasteiger partial charge in [-0.2, -0.15) is 0 Å². The van der Waals surface area contributed by atoms with E-state index in [0.717, 1.165) is 6.42 Å². The van der Waals surface area contributed by atoms with Crippen molar-refractivity contribution in [3.63, 3.8) is 0 Å². The molecule has 0 aliphatic heterocycles. The van der Waals surface area contributed by atoms with Gasteiger partial charge in [-0.05, 0) is 25.2 Å². The Labute approximate surface area is 90.8 Å². The minimum Gasteiger partial charge on any atom is -0.103 e. The lowest BCUT2D eigenvalue weighted by Crippen LogP contribution is -1.97. The van der Waals surface area contributed by atoms with Crippen LogP contribution in [0.4, 0.5) is 0 Å². The third-order valence-electron chi connectivity index (χ3n) is 2.59. The molecule has 0 amide bonds. The van der Waals surface area contributed by atoms with Crippen LogP contribution in [0.3, 0.4) is 0 Å². The number of hydrogen-bond donors (Lipinski definition) is 0. The van der Waals surface area contributed by atoms with Gasteiger partial charge in [0.05, 0.1) is 0 Å². The highest BCUT2D eigenvalue weighted by Gasteiger charge is 2.03. The molecule has 82 valence electrons. The van der Waals surface area contributed by atoms with Gasteiger partial charge < -0.3 is 0 Å². The summed E-state index contributed by atoms with van der Waals surface area (Å²) in [4.78, 5) is 0. The fourth-order valence-electron chi connectivity index (χ4n) is 1.58. The third kappa shape index (κ3) is 8.34. The van der Waals surface area contributed by atoms with E-state index in [1.807, 2.05) is 0 Å². The van der Waals surface area contributed by atoms with Gasteiger partial charge in [0.1, 0.15) is 0 Å². The van der Waals surface area contributed by atoms with E-state index < -0.39 is 0 Å². The summed E-state index contributed by atoms with van der Waals surface area (Å²) in [5.74, 6) is 0.540. The molecule has 0 rings (SSSR count). The number of rotatable bonds is 10. The maximum absolute atomic E-state index is 3.88. The van der Waals surface area contributed by atoms with Crippen molar-refractivity contribution in [3.05, 3.63) is 19.1 Å². The number of unbranched alkanes of at least 4 members (excludes halogenated alkanes) is 5. The zero-order valence-corrected chi connectivity index (χ0v) is 10.0. The second-order valence-corrected chi connectivity index (χ2v) is 4.00. The van der Waals surface area contributed by atoms with E-state index in [2.05, 4.69) is 32.9 Å². The van der Waals surface area contributed by atoms with Crippen molar-refractivity contribution in [2.45, 2.75) is 65.2 Å². The molecule has 14 heavy (non-hydrogen) atoms. The second kappa shape index (κ2) is 10.8. The van der Waals surface area contributed by atoms with Gasteiger partial charge in [-0.3, -0.25) is 0 Å². The lowest BCUT2D eigenvalue weighted by molar-refractivity contribution is 0.561. The van der Waals surface area contributed by atoms with Gasteiger partial charge in [-0.25, -0.2) is 0 Å². The lowest BCUT2D eigenvalue weighted by atomic mass is 9.95. The Hall–Kier alpha value is -0.260. The zero-order valence-electron chi connectivity index (χ0n) is 10.0. The smallest absolute Gasteiger partial charge is 0.00991 e. The van der Waals surface area contributed by atoms with Crippen LogP contribution in [0.5, 0.6) is 0 Å². The van der Waals surface area contributed by atoms with Crippen molar-refractivity contribution in [2.24, 2.45) is 5.92 Å². The molecular formula is C14H26. The van der Waals surface area contributed by atoms with E-state index in [-0.39, 0.29) is 0 Å². The normalized spacial score (nSPS) is 12.7. The predicted octanol–water partition coefficient (Wildman–Crippen LogP) is 5.03. The summed E-state index contributed by atoms with van der Waals surface area (Å²) in [6.07, 6.45) is 15.9. The van der Waals surface area contributed by atoms with Gasteiger partial charge in [-0.1, -0.05) is 58.4 Å². The van der Waals surface area contributed by atoms with E-state index in [9.17, 15) is 0 Å². The summed E-state index contributed by atoms with van der Waals surface area (Å²) < 4.78 is 0. The van der Waals surface area contributed by atoms with Crippen molar-refractivity contribution in [2.75, 3.05) is 0 Å². The summed E-state index contributed by atoms with van der Waals surface area (Å²) >= 11 is 0. The summed E-state index contributed by atoms with van der Waals surface area (Å²) in [5, 5.41) is 0. The summed E-state index contributed by atoms with van der Waals surface area (Å²) in [6, 6.07) is 0. The molecule has 0 aliphatic rings. The van der Waals surface area contributed by atoms with Crippen LogP contribution >= 0.6 is 0 Å². The largest absolute Gasteiger partial charge is 0.103 e. The molecule has 2 radical (unpaired) electrons. The van der Waals surface area contributed by atoms with Gasteiger partial charge in [-0.15, -0.1) is 6.58 Å². The molecule has 0 aromatic carbocycles. The molecule has 0 bridgehead atoms. The summed E-state index contributed by atoms with van der Waals surface area (Å²) in [6.45, 7) is 8.37. The Balaban J connectivity index is 3.33. The molecule has 0 heteroatoms. The molecule has 0 N–H and O–H groups in total. The van der Waals surface area contributed by atoms with Crippen LogP contribution in [0.2, 0.25) is 0 Å². The van der Waals surface area contributed by atoms with Crippen molar-refractivity contribution >= 4 is 0 Å². The van der Waals surface area contributed by atoms with Gasteiger partial charge in [0.25, 0.3) is 0 Å². The minimum absolute atomic E-state index is 0.540. The molecular weight excluding hydrogens is 168 g/mol. The highest BCUT2D eigenvalue weighted by atomic mass is 14.1. The molecule has 0 heterocycles. The van der Waals surface area contributed by atoms with Crippen LogP contribution in [0.25, 0.3) is 0 Å². The highest BCUT2D eigenvalue weighted by Crippen LogP contribution is 2.17. The average molecular weight is 194 g/mol. The SMILES string of the molecule is C=CC([C]CCCCC)CCCCC. The zero-order chi connectivity index (χ0) is 10.6. The van der Waals surface area contributed by atoms with Gasteiger partial charge in [0, 0.05) is 0 Å². The molecule has 1 unspecified atom stereocenters. The lowest BCUT2D eigenvalue weighted by Gasteiger charge is -2.10. The van der Waals surface area contributed by atoms with E-state index in [4.69, 9.17) is 0 Å². The Morgan fingerprint density at radius 2 is 1.71 bits per heavy atom. The van der Waals surface area contributed by atoms with Crippen molar-refractivity contribution in [3.8, 4) is 0 Å². The van der Waals surface area contributed by atoms with Crippen LogP contribution in [0, 0.1) is 12.3 Å². The highest BCUT2D eigenvalue weighted by molar-refractivity contribution is 4.89. The van der Waals surface area contributed by atoms with Crippen LogP contribution in [0.1, 0.15) is 65.2 Å². The summed E-state index contributed by atoms with van der Waals surface area (Å²) in [5.41, 5.74) is 0. The summed E-state index contributed by atoms with van der Waals surface area (Å²) in [7, 11) is 0. The molecule has 0 fully saturated rings. The molecule has 1 atom stereocenters. The molecule has 0 saturated carbocycles. The van der Waals surface area contributed by atoms with Crippen molar-refractivity contribution in [1.82, 2.24) is 0 Å². The predicted molar refractivity (Wildman–Crippen MR) is 65.2 cm³/mol. The topological polar surface area (TPSA) is 0 Å². The molecule has 0 nitrogen and oxygen atoms in total. The van der Waals surface area contributed by atoms with Gasteiger partial charge in [0.15, 0.2) is 0 Å². The van der Waals surface area contributed by atoms with E-state index in [1.54, 1.807) is 0 Å². The Morgan fingerprint density at radius 3 is 2.29 bits per heavy atom. The monoisotopic (exact) mass is 194 g/mol. The number of hydrogen-bond acceptors (Lipinski definition) is 0. The first kappa shape index (κ1) is 13.7. The van der Waals surface area contributed by atoms with E-state index in [1.165, 1.54) is 44.9 Å². The van der Waals surface area contributed by atoms with Crippen LogP contribution < -0.4 is 0 Å². The second-order valence-electron chi connectivity index (χ2n) is 4.00. The van der Waals surface area contributed by atoms with E-state index >= 15 is 0 Å². The Kier molecular flexibility index (Phi) is 10.6. The van der Waals surface area contributed by atoms with E-state index in [0.29, 0.717) is 5.92 Å². The molecule has 0 aromatic rings. The van der Waals surface area contributed by atoms with Crippen LogP contribution in [0.15, 0.2) is 12.7 Å². The fourth-order valence-corrected chi connectivity index (χ4v) is 1.58. The average Bonchev–Trinajstić information content (AvgIpc) is 2.22. The first-order valence-corrected chi connectivity index (χ1v) is 6.21. The number of allylic oxidation sites excluding steroid dienone is 1. The maximum Gasteiger partial charge on any atom is -0.00991 e. The first-order valence-electron chi connectivity index (χ1n) is 6.21. The molecule has 0 aromatic heterocycles. The van der Waals surface area contributed by atoms with Crippen LogP contribution in [-0.2, 0) is 0 Å². The standard InChI is InChI=1S/C14H26/c1-4-7-9-11-13-14(6-3)12-10-8-5-2/h6,14H,3-5,7-12H2,1-2H3. The van der Waals surface area contributed by atoms with Crippen molar-refractivity contribution < 1.29 is 0 Å². The fraction of sp³-hybridized carbons (Fsp3) is 0.786. The Bertz CT molecular complexity index is 115.